The van der Waals surface area contributed by atoms with E-state index in [0.717, 1.165) is 28.5 Å². The van der Waals surface area contributed by atoms with Crippen molar-refractivity contribution in [2.75, 3.05) is 33.0 Å². The van der Waals surface area contributed by atoms with Crippen LogP contribution in [0.25, 0.3) is 0 Å². The first-order valence-electron chi connectivity index (χ1n) is 9.46. The fraction of sp³-hybridized carbons (Fsp3) is 0.474. The number of imidazole rings is 1. The van der Waals surface area contributed by atoms with Crippen LogP contribution >= 0.6 is 19.5 Å². The zero-order chi connectivity index (χ0) is 21.1. The number of hydrogen-bond donors (Lipinski definition) is 2. The Morgan fingerprint density at radius 1 is 1.34 bits per heavy atom. The maximum atomic E-state index is 13.3. The molecule has 0 bridgehead atoms. The number of benzene rings is 1. The lowest BCUT2D eigenvalue weighted by Gasteiger charge is -2.28. The number of hydrogen-bond acceptors (Lipinski definition) is 6. The maximum absolute atomic E-state index is 13.3. The lowest BCUT2D eigenvalue weighted by molar-refractivity contribution is 0.179. The fourth-order valence-corrected chi connectivity index (χ4v) is 4.78. The van der Waals surface area contributed by atoms with E-state index in [1.165, 1.54) is 4.67 Å². The number of aryl methyl sites for hydroxylation is 1. The van der Waals surface area contributed by atoms with E-state index < -0.39 is 7.75 Å². The normalized spacial score (nSPS) is 13.9. The first kappa shape index (κ1) is 23.5. The van der Waals surface area contributed by atoms with Crippen LogP contribution < -0.4 is 5.32 Å². The number of H-pyrrole nitrogens is 1. The summed E-state index contributed by atoms with van der Waals surface area (Å²) in [4.78, 5) is 11.9. The summed E-state index contributed by atoms with van der Waals surface area (Å²) in [5.74, 6) is 2.11. The van der Waals surface area contributed by atoms with E-state index in [-0.39, 0.29) is 13.2 Å². The lowest BCUT2D eigenvalue weighted by atomic mass is 10.2. The number of aliphatic imine (C=N–C) groups is 1. The molecular formula is C19H30N5O3PS. The summed E-state index contributed by atoms with van der Waals surface area (Å²) in [5.41, 5.74) is 3.07. The zero-order valence-electron chi connectivity index (χ0n) is 17.4. The molecule has 1 atom stereocenters. The van der Waals surface area contributed by atoms with Crippen molar-refractivity contribution in [3.8, 4) is 0 Å². The van der Waals surface area contributed by atoms with Crippen molar-refractivity contribution in [3.63, 3.8) is 0 Å². The number of aromatic amines is 1. The Hall–Kier alpha value is -1.80. The van der Waals surface area contributed by atoms with Crippen LogP contribution in [0.3, 0.4) is 0 Å². The second-order valence-electron chi connectivity index (χ2n) is 6.15. The average molecular weight is 440 g/mol. The largest absolute Gasteiger partial charge is 0.437 e. The molecule has 0 saturated heterocycles. The first-order valence-corrected chi connectivity index (χ1v) is 12.1. The van der Waals surface area contributed by atoms with E-state index in [2.05, 4.69) is 20.3 Å². The molecule has 0 aliphatic rings. The van der Waals surface area contributed by atoms with Gasteiger partial charge in [-0.1, -0.05) is 30.3 Å². The standard InChI is InChI=1S/C19H30N5O3PS/c1-5-26-28(25,27-13-17-9-7-6-8-10-17)24(4)19(20-3)21-11-12-29-14-18-16(2)22-15-23-18/h6-10,15H,5,11-14H2,1-4H3,(H,20,21)(H,22,23). The summed E-state index contributed by atoms with van der Waals surface area (Å²) < 4.78 is 26.0. The molecule has 0 radical (unpaired) electrons. The van der Waals surface area contributed by atoms with Crippen molar-refractivity contribution in [2.24, 2.45) is 4.99 Å². The zero-order valence-corrected chi connectivity index (χ0v) is 19.1. The van der Waals surface area contributed by atoms with Gasteiger partial charge >= 0.3 is 7.75 Å². The molecule has 1 heterocycles. The minimum atomic E-state index is -3.53. The molecule has 0 fully saturated rings. The summed E-state index contributed by atoms with van der Waals surface area (Å²) in [6.45, 7) is 4.83. The first-order chi connectivity index (χ1) is 14.0. The van der Waals surface area contributed by atoms with Crippen molar-refractivity contribution >= 4 is 25.5 Å². The van der Waals surface area contributed by atoms with E-state index >= 15 is 0 Å². The molecule has 160 valence electrons. The van der Waals surface area contributed by atoms with E-state index in [1.54, 1.807) is 39.1 Å². The molecule has 0 spiro atoms. The highest BCUT2D eigenvalue weighted by Crippen LogP contribution is 2.51. The third-order valence-corrected chi connectivity index (χ3v) is 7.01. The second kappa shape index (κ2) is 12.0. The van der Waals surface area contributed by atoms with Gasteiger partial charge in [-0.15, -0.1) is 0 Å². The molecule has 0 aliphatic carbocycles. The van der Waals surface area contributed by atoms with Gasteiger partial charge in [0, 0.05) is 31.3 Å². The molecule has 29 heavy (non-hydrogen) atoms. The van der Waals surface area contributed by atoms with Gasteiger partial charge in [-0.2, -0.15) is 11.8 Å². The molecule has 8 nitrogen and oxygen atoms in total. The van der Waals surface area contributed by atoms with E-state index in [4.69, 9.17) is 9.05 Å². The highest BCUT2D eigenvalue weighted by Gasteiger charge is 2.33. The van der Waals surface area contributed by atoms with E-state index in [1.807, 2.05) is 37.3 Å². The predicted octanol–water partition coefficient (Wildman–Crippen LogP) is 3.82. The maximum Gasteiger partial charge on any atom is 0.437 e. The number of aromatic nitrogens is 2. The Bertz CT molecular complexity index is 815. The van der Waals surface area contributed by atoms with Crippen LogP contribution in [-0.2, 0) is 26.0 Å². The van der Waals surface area contributed by atoms with Crippen molar-refractivity contribution in [1.82, 2.24) is 20.0 Å². The molecule has 2 aromatic rings. The van der Waals surface area contributed by atoms with Crippen molar-refractivity contribution in [1.29, 1.82) is 0 Å². The summed E-state index contributed by atoms with van der Waals surface area (Å²) in [7, 11) is -0.128. The SMILES string of the molecule is CCOP(=O)(OCc1ccccc1)N(C)/C(=N\CCSCc1nc[nH]c1C)NC. The minimum absolute atomic E-state index is 0.193. The van der Waals surface area contributed by atoms with Crippen molar-refractivity contribution in [3.05, 3.63) is 53.6 Å². The van der Waals surface area contributed by atoms with Gasteiger partial charge in [0.2, 0.25) is 5.96 Å². The van der Waals surface area contributed by atoms with E-state index in [9.17, 15) is 4.57 Å². The fourth-order valence-electron chi connectivity index (χ4n) is 2.48. The smallest absolute Gasteiger partial charge is 0.359 e. The van der Waals surface area contributed by atoms with Crippen LogP contribution in [0.1, 0.15) is 23.9 Å². The van der Waals surface area contributed by atoms with Crippen LogP contribution in [0, 0.1) is 6.92 Å². The minimum Gasteiger partial charge on any atom is -0.359 e. The van der Waals surface area contributed by atoms with Gasteiger partial charge in [0.1, 0.15) is 0 Å². The molecule has 1 aromatic heterocycles. The van der Waals surface area contributed by atoms with Crippen LogP contribution in [0.5, 0.6) is 0 Å². The summed E-state index contributed by atoms with van der Waals surface area (Å²) in [6.07, 6.45) is 1.71. The monoisotopic (exact) mass is 439 g/mol. The molecule has 2 N–H and O–H groups in total. The topological polar surface area (TPSA) is 91.8 Å². The van der Waals surface area contributed by atoms with Crippen LogP contribution in [0.15, 0.2) is 41.7 Å². The molecule has 1 aromatic carbocycles. The second-order valence-corrected chi connectivity index (χ2v) is 9.31. The summed E-state index contributed by atoms with van der Waals surface area (Å²) in [6, 6.07) is 9.59. The van der Waals surface area contributed by atoms with Crippen LogP contribution in [-0.4, -0.2) is 53.6 Å². The van der Waals surface area contributed by atoms with E-state index in [0.29, 0.717) is 12.5 Å². The Labute approximate surface area is 177 Å². The molecule has 2 rings (SSSR count). The molecule has 0 amide bonds. The van der Waals surface area contributed by atoms with Gasteiger partial charge in [0.25, 0.3) is 0 Å². The van der Waals surface area contributed by atoms with Crippen LogP contribution in [0.4, 0.5) is 0 Å². The third kappa shape index (κ3) is 7.19. The van der Waals surface area contributed by atoms with Gasteiger partial charge in [0.05, 0.1) is 31.8 Å². The molecule has 0 saturated carbocycles. The van der Waals surface area contributed by atoms with Gasteiger partial charge in [-0.25, -0.2) is 9.55 Å². The Morgan fingerprint density at radius 3 is 2.72 bits per heavy atom. The average Bonchev–Trinajstić information content (AvgIpc) is 3.14. The van der Waals surface area contributed by atoms with Gasteiger partial charge in [0.15, 0.2) is 0 Å². The number of nitrogens with zero attached hydrogens (tertiary/aromatic N) is 3. The molecule has 0 aliphatic heterocycles. The highest BCUT2D eigenvalue weighted by atomic mass is 32.2. The van der Waals surface area contributed by atoms with Gasteiger partial charge < -0.3 is 10.3 Å². The predicted molar refractivity (Wildman–Crippen MR) is 119 cm³/mol. The summed E-state index contributed by atoms with van der Waals surface area (Å²) in [5, 5.41) is 2.99. The Kier molecular flexibility index (Phi) is 9.73. The number of nitrogens with one attached hydrogen (secondary N) is 2. The Morgan fingerprint density at radius 2 is 2.10 bits per heavy atom. The Balaban J connectivity index is 1.93. The number of guanidine groups is 1. The van der Waals surface area contributed by atoms with Crippen molar-refractivity contribution < 1.29 is 13.6 Å². The van der Waals surface area contributed by atoms with Crippen LogP contribution in [0.2, 0.25) is 0 Å². The molecular weight excluding hydrogens is 409 g/mol. The highest BCUT2D eigenvalue weighted by molar-refractivity contribution is 7.98. The molecule has 10 heteroatoms. The summed E-state index contributed by atoms with van der Waals surface area (Å²) >= 11 is 1.75. The quantitative estimate of drug-likeness (QED) is 0.238. The van der Waals surface area contributed by atoms with Gasteiger partial charge in [-0.05, 0) is 19.4 Å². The number of rotatable bonds is 11. The lowest BCUT2D eigenvalue weighted by Crippen LogP contribution is -2.36. The third-order valence-electron chi connectivity index (χ3n) is 4.10. The number of thioether (sulfide) groups is 1. The van der Waals surface area contributed by atoms with Crippen molar-refractivity contribution in [2.45, 2.75) is 26.2 Å². The van der Waals surface area contributed by atoms with Gasteiger partial charge in [-0.3, -0.25) is 18.7 Å². The molecule has 1 unspecified atom stereocenters.